The molecule has 84 valence electrons. The number of rotatable bonds is 3. The van der Waals surface area contributed by atoms with Crippen LogP contribution in [0, 0.1) is 0 Å². The lowest BCUT2D eigenvalue weighted by molar-refractivity contribution is 1.33. The summed E-state index contributed by atoms with van der Waals surface area (Å²) >= 11 is 0. The van der Waals surface area contributed by atoms with Crippen molar-refractivity contribution in [3.8, 4) is 11.1 Å². The van der Waals surface area contributed by atoms with Crippen LogP contribution in [0.1, 0.15) is 5.56 Å². The van der Waals surface area contributed by atoms with Gasteiger partial charge < -0.3 is 5.73 Å². The number of nitrogens with two attached hydrogens (primary N) is 1. The van der Waals surface area contributed by atoms with E-state index in [1.807, 2.05) is 24.3 Å². The first-order valence-electron chi connectivity index (χ1n) is 5.40. The van der Waals surface area contributed by atoms with Crippen LogP contribution in [0.15, 0.2) is 67.6 Å². The van der Waals surface area contributed by atoms with Crippen LogP contribution in [0.4, 0.5) is 0 Å². The van der Waals surface area contributed by atoms with Crippen LogP contribution in [0.2, 0.25) is 0 Å². The lowest BCUT2D eigenvalue weighted by Gasteiger charge is -2.04. The minimum absolute atomic E-state index is 0.936. The largest absolute Gasteiger partial charge is 0.404 e. The van der Waals surface area contributed by atoms with Gasteiger partial charge in [0.05, 0.1) is 0 Å². The summed E-state index contributed by atoms with van der Waals surface area (Å²) in [5.41, 5.74) is 9.85. The molecule has 0 atom stereocenters. The Balaban J connectivity index is 2.34. The molecule has 1 aromatic heterocycles. The summed E-state index contributed by atoms with van der Waals surface area (Å²) in [6.45, 7) is 3.73. The highest BCUT2D eigenvalue weighted by Gasteiger charge is 1.99. The summed E-state index contributed by atoms with van der Waals surface area (Å²) in [6, 6.07) is 12.2. The summed E-state index contributed by atoms with van der Waals surface area (Å²) in [7, 11) is 0. The first-order valence-corrected chi connectivity index (χ1v) is 5.40. The second kappa shape index (κ2) is 5.12. The van der Waals surface area contributed by atoms with Gasteiger partial charge in [0, 0.05) is 18.6 Å². The van der Waals surface area contributed by atoms with E-state index in [9.17, 15) is 0 Å². The topological polar surface area (TPSA) is 38.9 Å². The number of hydrogen-bond acceptors (Lipinski definition) is 2. The molecule has 2 N–H and O–H groups in total. The molecule has 17 heavy (non-hydrogen) atoms. The molecule has 0 amide bonds. The second-order valence-electron chi connectivity index (χ2n) is 3.64. The fourth-order valence-electron chi connectivity index (χ4n) is 1.68. The highest BCUT2D eigenvalue weighted by Crippen LogP contribution is 2.21. The number of allylic oxidation sites excluding steroid dienone is 2. The van der Waals surface area contributed by atoms with E-state index in [-0.39, 0.29) is 0 Å². The van der Waals surface area contributed by atoms with Gasteiger partial charge in [0.1, 0.15) is 0 Å². The summed E-state index contributed by atoms with van der Waals surface area (Å²) in [6.07, 6.45) is 6.90. The molecule has 1 heterocycles. The second-order valence-corrected chi connectivity index (χ2v) is 3.64. The van der Waals surface area contributed by atoms with E-state index in [2.05, 4.69) is 23.7 Å². The van der Waals surface area contributed by atoms with Gasteiger partial charge in [-0.2, -0.15) is 0 Å². The standard InChI is InChI=1S/C15H14N2/c1-2-12(11-16)13-3-5-14(6-4-13)15-7-9-17-10-8-15/h2-11H,1,16H2/b12-11+. The summed E-state index contributed by atoms with van der Waals surface area (Å²) in [4.78, 5) is 4.00. The van der Waals surface area contributed by atoms with Gasteiger partial charge in [-0.1, -0.05) is 36.9 Å². The lowest BCUT2D eigenvalue weighted by atomic mass is 10.0. The Morgan fingerprint density at radius 3 is 2.12 bits per heavy atom. The van der Waals surface area contributed by atoms with Gasteiger partial charge in [0.25, 0.3) is 0 Å². The van der Waals surface area contributed by atoms with Crippen LogP contribution in [0.3, 0.4) is 0 Å². The maximum Gasteiger partial charge on any atom is 0.0273 e. The fraction of sp³-hybridized carbons (Fsp3) is 0. The normalized spacial score (nSPS) is 11.2. The van der Waals surface area contributed by atoms with Crippen molar-refractivity contribution in [2.75, 3.05) is 0 Å². The minimum atomic E-state index is 0.936. The van der Waals surface area contributed by atoms with E-state index in [0.717, 1.165) is 22.3 Å². The van der Waals surface area contributed by atoms with E-state index < -0.39 is 0 Å². The van der Waals surface area contributed by atoms with Gasteiger partial charge in [-0.3, -0.25) is 4.98 Å². The van der Waals surface area contributed by atoms with Crippen LogP contribution in [0.25, 0.3) is 16.7 Å². The van der Waals surface area contributed by atoms with Crippen molar-refractivity contribution in [1.82, 2.24) is 4.98 Å². The maximum atomic E-state index is 5.52. The minimum Gasteiger partial charge on any atom is -0.404 e. The third-order valence-corrected chi connectivity index (χ3v) is 2.63. The van der Waals surface area contributed by atoms with Crippen LogP contribution >= 0.6 is 0 Å². The van der Waals surface area contributed by atoms with E-state index >= 15 is 0 Å². The van der Waals surface area contributed by atoms with Crippen molar-refractivity contribution in [1.29, 1.82) is 0 Å². The third-order valence-electron chi connectivity index (χ3n) is 2.63. The molecule has 0 aliphatic heterocycles. The van der Waals surface area contributed by atoms with E-state index in [0.29, 0.717) is 0 Å². The van der Waals surface area contributed by atoms with Gasteiger partial charge in [0.15, 0.2) is 0 Å². The Labute approximate surface area is 101 Å². The Morgan fingerprint density at radius 2 is 1.59 bits per heavy atom. The van der Waals surface area contributed by atoms with E-state index in [4.69, 9.17) is 5.73 Å². The lowest BCUT2D eigenvalue weighted by Crippen LogP contribution is -1.87. The quantitative estimate of drug-likeness (QED) is 0.810. The van der Waals surface area contributed by atoms with E-state index in [1.165, 1.54) is 0 Å². The zero-order chi connectivity index (χ0) is 12.1. The molecule has 0 saturated carbocycles. The van der Waals surface area contributed by atoms with Crippen LogP contribution in [0.5, 0.6) is 0 Å². The Kier molecular flexibility index (Phi) is 3.36. The molecule has 0 bridgehead atoms. The molecule has 0 aliphatic carbocycles. The summed E-state index contributed by atoms with van der Waals surface area (Å²) in [5.74, 6) is 0. The molecule has 0 spiro atoms. The molecule has 2 aromatic rings. The molecule has 0 aliphatic rings. The number of aromatic nitrogens is 1. The average Bonchev–Trinajstić information content (AvgIpc) is 2.42. The molecular formula is C15H14N2. The molecular weight excluding hydrogens is 208 g/mol. The number of hydrogen-bond donors (Lipinski definition) is 1. The Bertz CT molecular complexity index is 525. The molecule has 1 aromatic carbocycles. The van der Waals surface area contributed by atoms with Crippen molar-refractivity contribution < 1.29 is 0 Å². The van der Waals surface area contributed by atoms with Gasteiger partial charge in [-0.15, -0.1) is 0 Å². The predicted octanol–water partition coefficient (Wildman–Crippen LogP) is 3.23. The number of nitrogens with zero attached hydrogens (tertiary/aromatic N) is 1. The highest BCUT2D eigenvalue weighted by atomic mass is 14.6. The van der Waals surface area contributed by atoms with Gasteiger partial charge >= 0.3 is 0 Å². The Morgan fingerprint density at radius 1 is 1.00 bits per heavy atom. The predicted molar refractivity (Wildman–Crippen MR) is 72.0 cm³/mol. The molecule has 0 fully saturated rings. The third kappa shape index (κ3) is 2.42. The summed E-state index contributed by atoms with van der Waals surface area (Å²) < 4.78 is 0. The van der Waals surface area contributed by atoms with Crippen molar-refractivity contribution in [2.45, 2.75) is 0 Å². The average molecular weight is 222 g/mol. The molecule has 2 rings (SSSR count). The number of benzene rings is 1. The van der Waals surface area contributed by atoms with E-state index in [1.54, 1.807) is 24.7 Å². The zero-order valence-electron chi connectivity index (χ0n) is 9.51. The maximum absolute atomic E-state index is 5.52. The fourth-order valence-corrected chi connectivity index (χ4v) is 1.68. The van der Waals surface area contributed by atoms with Gasteiger partial charge in [-0.05, 0) is 34.4 Å². The van der Waals surface area contributed by atoms with Crippen molar-refractivity contribution in [2.24, 2.45) is 5.73 Å². The summed E-state index contributed by atoms with van der Waals surface area (Å²) in [5, 5.41) is 0. The molecule has 0 unspecified atom stereocenters. The molecule has 0 saturated heterocycles. The zero-order valence-corrected chi connectivity index (χ0v) is 9.51. The molecule has 2 nitrogen and oxygen atoms in total. The van der Waals surface area contributed by atoms with Crippen molar-refractivity contribution in [3.63, 3.8) is 0 Å². The first kappa shape index (κ1) is 11.1. The smallest absolute Gasteiger partial charge is 0.0273 e. The van der Waals surface area contributed by atoms with Crippen molar-refractivity contribution >= 4 is 5.57 Å². The monoisotopic (exact) mass is 222 g/mol. The highest BCUT2D eigenvalue weighted by molar-refractivity contribution is 5.75. The van der Waals surface area contributed by atoms with Gasteiger partial charge in [-0.25, -0.2) is 0 Å². The molecule has 0 radical (unpaired) electrons. The van der Waals surface area contributed by atoms with Gasteiger partial charge in [0.2, 0.25) is 0 Å². The van der Waals surface area contributed by atoms with Crippen LogP contribution < -0.4 is 5.73 Å². The molecule has 2 heteroatoms. The van der Waals surface area contributed by atoms with Crippen molar-refractivity contribution in [3.05, 3.63) is 73.2 Å². The first-order chi connectivity index (χ1) is 8.35. The SMILES string of the molecule is C=C/C(=C\N)c1ccc(-c2ccncc2)cc1. The van der Waals surface area contributed by atoms with Crippen LogP contribution in [-0.4, -0.2) is 4.98 Å². The Hall–Kier alpha value is -2.35. The number of pyridine rings is 1. The van der Waals surface area contributed by atoms with Crippen LogP contribution in [-0.2, 0) is 0 Å².